The predicted molar refractivity (Wildman–Crippen MR) is 85.2 cm³/mol. The quantitative estimate of drug-likeness (QED) is 0.876. The first-order valence-corrected chi connectivity index (χ1v) is 7.42. The lowest BCUT2D eigenvalue weighted by atomic mass is 10.0. The zero-order valence-electron chi connectivity index (χ0n) is 12.1. The van der Waals surface area contributed by atoms with Crippen LogP contribution >= 0.6 is 15.9 Å². The van der Waals surface area contributed by atoms with E-state index in [2.05, 4.69) is 41.9 Å². The number of likely N-dealkylation sites (N-methyl/N-ethyl adjacent to an activating group) is 1. The molecule has 0 saturated carbocycles. The molecule has 0 atom stereocenters. The van der Waals surface area contributed by atoms with Crippen LogP contribution in [0.15, 0.2) is 40.1 Å². The molecular weight excluding hydrogens is 351 g/mol. The second-order valence-corrected chi connectivity index (χ2v) is 6.01. The number of H-pyrrole nitrogens is 1. The fourth-order valence-corrected chi connectivity index (χ4v) is 2.69. The number of rotatable bonds is 3. The smallest absolute Gasteiger partial charge is 0.208 e. The molecule has 1 aliphatic rings. The van der Waals surface area contributed by atoms with E-state index in [9.17, 15) is 4.39 Å². The number of hydrogen-bond acceptors (Lipinski definition) is 5. The van der Waals surface area contributed by atoms with Crippen molar-refractivity contribution in [2.45, 2.75) is 6.92 Å². The monoisotopic (exact) mass is 364 g/mol. The van der Waals surface area contributed by atoms with Gasteiger partial charge in [-0.05, 0) is 35.9 Å². The van der Waals surface area contributed by atoms with Crippen LogP contribution in [-0.4, -0.2) is 39.1 Å². The summed E-state index contributed by atoms with van der Waals surface area (Å²) < 4.78 is 14.8. The van der Waals surface area contributed by atoms with Crippen LogP contribution in [0.3, 0.4) is 0 Å². The van der Waals surface area contributed by atoms with Crippen molar-refractivity contribution in [2.75, 3.05) is 18.9 Å². The van der Waals surface area contributed by atoms with Gasteiger partial charge in [-0.15, -0.1) is 10.2 Å². The molecule has 3 rings (SSSR count). The van der Waals surface area contributed by atoms with Crippen LogP contribution in [0.4, 0.5) is 10.1 Å². The number of allylic oxidation sites excluding steroid dienone is 1. The third-order valence-corrected chi connectivity index (χ3v) is 3.80. The molecule has 0 unspecified atom stereocenters. The zero-order chi connectivity index (χ0) is 15.7. The SMILES string of the molecule is CC1=C(Nc2ccc(Br)cc2F)C(c2nn[nH]n2)=CN(C)C1. The zero-order valence-corrected chi connectivity index (χ0v) is 13.6. The number of anilines is 1. The van der Waals surface area contributed by atoms with Crippen molar-refractivity contribution in [1.29, 1.82) is 0 Å². The van der Waals surface area contributed by atoms with Gasteiger partial charge in [0.15, 0.2) is 0 Å². The topological polar surface area (TPSA) is 69.7 Å². The normalized spacial score (nSPS) is 15.1. The summed E-state index contributed by atoms with van der Waals surface area (Å²) in [6.07, 6.45) is 1.91. The molecule has 0 aliphatic carbocycles. The van der Waals surface area contributed by atoms with Crippen LogP contribution in [0.1, 0.15) is 12.7 Å². The molecule has 0 fully saturated rings. The van der Waals surface area contributed by atoms with E-state index < -0.39 is 0 Å². The largest absolute Gasteiger partial charge is 0.376 e. The summed E-state index contributed by atoms with van der Waals surface area (Å²) in [5.41, 5.74) is 3.02. The molecule has 0 radical (unpaired) electrons. The lowest BCUT2D eigenvalue weighted by molar-refractivity contribution is 0.490. The van der Waals surface area contributed by atoms with E-state index in [0.29, 0.717) is 16.0 Å². The summed E-state index contributed by atoms with van der Waals surface area (Å²) in [6, 6.07) is 4.89. The van der Waals surface area contributed by atoms with Crippen molar-refractivity contribution in [3.8, 4) is 0 Å². The van der Waals surface area contributed by atoms with Crippen LogP contribution in [0.25, 0.3) is 5.57 Å². The maximum absolute atomic E-state index is 14.1. The van der Waals surface area contributed by atoms with E-state index in [1.165, 1.54) is 6.07 Å². The molecule has 8 heteroatoms. The minimum atomic E-state index is -0.332. The van der Waals surface area contributed by atoms with Crippen LogP contribution in [0, 0.1) is 5.82 Å². The Morgan fingerprint density at radius 1 is 1.41 bits per heavy atom. The van der Waals surface area contributed by atoms with Gasteiger partial charge in [0.25, 0.3) is 0 Å². The molecule has 2 heterocycles. The van der Waals surface area contributed by atoms with Crippen molar-refractivity contribution in [3.05, 3.63) is 51.8 Å². The third-order valence-electron chi connectivity index (χ3n) is 3.31. The van der Waals surface area contributed by atoms with Crippen molar-refractivity contribution in [2.24, 2.45) is 0 Å². The number of nitrogens with zero attached hydrogens (tertiary/aromatic N) is 4. The summed E-state index contributed by atoms with van der Waals surface area (Å²) in [7, 11) is 1.96. The molecule has 0 spiro atoms. The highest BCUT2D eigenvalue weighted by Crippen LogP contribution is 2.30. The van der Waals surface area contributed by atoms with Crippen molar-refractivity contribution >= 4 is 27.2 Å². The molecule has 2 N–H and O–H groups in total. The maximum Gasteiger partial charge on any atom is 0.208 e. The standard InChI is InChI=1S/C14H14BrFN6/c1-8-6-22(2)7-10(14-18-20-21-19-14)13(8)17-12-4-3-9(15)5-11(12)16/h3-5,7,17H,6H2,1-2H3,(H,18,19,20,21). The number of aromatic amines is 1. The van der Waals surface area contributed by atoms with Crippen LogP contribution in [0.5, 0.6) is 0 Å². The summed E-state index contributed by atoms with van der Waals surface area (Å²) >= 11 is 3.25. The van der Waals surface area contributed by atoms with Crippen molar-refractivity contribution < 1.29 is 4.39 Å². The number of halogens is 2. The molecule has 1 aromatic carbocycles. The first-order valence-electron chi connectivity index (χ1n) is 6.62. The number of aromatic nitrogens is 4. The van der Waals surface area contributed by atoms with E-state index in [1.807, 2.05) is 25.1 Å². The van der Waals surface area contributed by atoms with Gasteiger partial charge >= 0.3 is 0 Å². The van der Waals surface area contributed by atoms with Gasteiger partial charge in [-0.25, -0.2) is 4.39 Å². The van der Waals surface area contributed by atoms with Gasteiger partial charge in [0.05, 0.1) is 17.0 Å². The molecule has 1 aliphatic heterocycles. The number of hydrogen-bond donors (Lipinski definition) is 2. The van der Waals surface area contributed by atoms with E-state index in [-0.39, 0.29) is 5.82 Å². The first-order chi connectivity index (χ1) is 10.5. The second kappa shape index (κ2) is 5.88. The van der Waals surface area contributed by atoms with E-state index >= 15 is 0 Å². The van der Waals surface area contributed by atoms with E-state index in [1.54, 1.807) is 12.1 Å². The lowest BCUT2D eigenvalue weighted by Gasteiger charge is -2.26. The van der Waals surface area contributed by atoms with Crippen LogP contribution in [0.2, 0.25) is 0 Å². The Hall–Kier alpha value is -2.22. The summed E-state index contributed by atoms with van der Waals surface area (Å²) in [6.45, 7) is 2.73. The molecule has 22 heavy (non-hydrogen) atoms. The lowest BCUT2D eigenvalue weighted by Crippen LogP contribution is -2.23. The fourth-order valence-electron chi connectivity index (χ4n) is 2.36. The Kier molecular flexibility index (Phi) is 3.93. The summed E-state index contributed by atoms with van der Waals surface area (Å²) in [5, 5.41) is 17.2. The van der Waals surface area contributed by atoms with Gasteiger partial charge in [0, 0.05) is 24.3 Å². The minimum absolute atomic E-state index is 0.332. The number of benzene rings is 1. The molecule has 114 valence electrons. The predicted octanol–water partition coefficient (Wildman–Crippen LogP) is 2.77. The first kappa shape index (κ1) is 14.7. The average molecular weight is 365 g/mol. The van der Waals surface area contributed by atoms with Gasteiger partial charge in [-0.2, -0.15) is 5.21 Å². The Bertz CT molecular complexity index is 753. The maximum atomic E-state index is 14.1. The molecule has 6 nitrogen and oxygen atoms in total. The molecule has 2 aromatic rings. The molecule has 0 amide bonds. The third kappa shape index (κ3) is 2.87. The molecular formula is C14H14BrFN6. The highest BCUT2D eigenvalue weighted by Gasteiger charge is 2.21. The van der Waals surface area contributed by atoms with E-state index in [0.717, 1.165) is 23.4 Å². The Labute approximate surface area is 135 Å². The highest BCUT2D eigenvalue weighted by atomic mass is 79.9. The van der Waals surface area contributed by atoms with Crippen molar-refractivity contribution in [1.82, 2.24) is 25.5 Å². The Morgan fingerprint density at radius 3 is 2.91 bits per heavy atom. The van der Waals surface area contributed by atoms with Gasteiger partial charge in [-0.3, -0.25) is 0 Å². The highest BCUT2D eigenvalue weighted by molar-refractivity contribution is 9.10. The fraction of sp³-hybridized carbons (Fsp3) is 0.214. The molecule has 0 bridgehead atoms. The summed E-state index contributed by atoms with van der Waals surface area (Å²) in [5.74, 6) is 0.131. The minimum Gasteiger partial charge on any atom is -0.376 e. The Balaban J connectivity index is 1.99. The van der Waals surface area contributed by atoms with Gasteiger partial charge < -0.3 is 10.2 Å². The molecule has 1 aromatic heterocycles. The second-order valence-electron chi connectivity index (χ2n) is 5.10. The number of tetrazole rings is 1. The van der Waals surface area contributed by atoms with Crippen LogP contribution in [-0.2, 0) is 0 Å². The molecule has 0 saturated heterocycles. The van der Waals surface area contributed by atoms with Gasteiger partial charge in [-0.1, -0.05) is 15.9 Å². The Morgan fingerprint density at radius 2 is 2.23 bits per heavy atom. The van der Waals surface area contributed by atoms with E-state index in [4.69, 9.17) is 0 Å². The van der Waals surface area contributed by atoms with Gasteiger partial charge in [0.2, 0.25) is 5.82 Å². The summed E-state index contributed by atoms with van der Waals surface area (Å²) in [4.78, 5) is 2.02. The van der Waals surface area contributed by atoms with Crippen LogP contribution < -0.4 is 5.32 Å². The van der Waals surface area contributed by atoms with Gasteiger partial charge in [0.1, 0.15) is 5.82 Å². The average Bonchev–Trinajstić information content (AvgIpc) is 2.97. The van der Waals surface area contributed by atoms with Crippen molar-refractivity contribution in [3.63, 3.8) is 0 Å². The number of nitrogens with one attached hydrogen (secondary N) is 2.